The van der Waals surface area contributed by atoms with E-state index in [9.17, 15) is 4.79 Å². The van der Waals surface area contributed by atoms with Crippen LogP contribution < -0.4 is 0 Å². The van der Waals surface area contributed by atoms with E-state index in [0.29, 0.717) is 0 Å². The Bertz CT molecular complexity index is 1270. The molecule has 4 aromatic carbocycles. The van der Waals surface area contributed by atoms with E-state index >= 15 is 0 Å². The molecule has 0 radical (unpaired) electrons. The number of allylic oxidation sites excluding steroid dienone is 3. The number of carbonyl (C=O) groups excluding carboxylic acids is 1. The summed E-state index contributed by atoms with van der Waals surface area (Å²) in [6.07, 6.45) is 0. The van der Waals surface area contributed by atoms with Crippen LogP contribution in [0, 0.1) is 0 Å². The van der Waals surface area contributed by atoms with Crippen molar-refractivity contribution < 1.29 is 4.79 Å². The van der Waals surface area contributed by atoms with Gasteiger partial charge in [0.05, 0.1) is 0 Å². The number of ketones is 1. The summed E-state index contributed by atoms with van der Waals surface area (Å²) >= 11 is 0. The Labute approximate surface area is 175 Å². The minimum Gasteiger partial charge on any atom is -0.289 e. The fourth-order valence-corrected chi connectivity index (χ4v) is 4.58. The molecule has 1 heteroatoms. The number of carbonyl (C=O) groups is 1. The predicted molar refractivity (Wildman–Crippen MR) is 122 cm³/mol. The molecule has 0 atom stereocenters. The minimum absolute atomic E-state index is 0.105. The zero-order chi connectivity index (χ0) is 20.1. The quantitative estimate of drug-likeness (QED) is 0.334. The molecular weight excluding hydrogens is 364 g/mol. The van der Waals surface area contributed by atoms with E-state index in [0.717, 1.165) is 22.3 Å². The van der Waals surface area contributed by atoms with Crippen molar-refractivity contribution in [2.24, 2.45) is 0 Å². The van der Waals surface area contributed by atoms with Crippen LogP contribution in [-0.4, -0.2) is 5.78 Å². The Morgan fingerprint density at radius 3 is 1.13 bits per heavy atom. The van der Waals surface area contributed by atoms with Gasteiger partial charge in [-0.25, -0.2) is 0 Å². The van der Waals surface area contributed by atoms with Crippen LogP contribution in [0.1, 0.15) is 38.2 Å². The first-order valence-electron chi connectivity index (χ1n) is 10.2. The van der Waals surface area contributed by atoms with Crippen LogP contribution >= 0.6 is 0 Å². The molecule has 0 fully saturated rings. The lowest BCUT2D eigenvalue weighted by molar-refractivity contribution is 0.103. The van der Waals surface area contributed by atoms with Gasteiger partial charge in [0.1, 0.15) is 0 Å². The van der Waals surface area contributed by atoms with Crippen molar-refractivity contribution in [2.75, 3.05) is 0 Å². The van der Waals surface area contributed by atoms with E-state index in [1.807, 2.05) is 48.5 Å². The molecule has 0 bridgehead atoms. The van der Waals surface area contributed by atoms with Crippen LogP contribution in [0.2, 0.25) is 0 Å². The van der Waals surface area contributed by atoms with Gasteiger partial charge >= 0.3 is 0 Å². The molecule has 0 saturated heterocycles. The fourth-order valence-electron chi connectivity index (χ4n) is 4.58. The standard InChI is InChI=1S/C29H18O/c30-29-23-17-9-7-15-21(23)27(22-16-8-10-18-24(22)29)28-25(19-11-3-1-4-12-19)26(28)20-13-5-2-6-14-20/h1-18H. The SMILES string of the molecule is O=C1c2ccccc2C(=C2C(c3ccccc3)=C2c2ccccc2)c2ccccc21. The molecule has 0 unspecified atom stereocenters. The van der Waals surface area contributed by atoms with Crippen molar-refractivity contribution in [1.29, 1.82) is 0 Å². The number of fused-ring (bicyclic) bond motifs is 2. The van der Waals surface area contributed by atoms with Crippen LogP contribution in [0.4, 0.5) is 0 Å². The number of hydrogen-bond acceptors (Lipinski definition) is 1. The molecule has 0 amide bonds. The number of rotatable bonds is 2. The maximum atomic E-state index is 13.2. The van der Waals surface area contributed by atoms with Gasteiger partial charge in [0, 0.05) is 11.1 Å². The summed E-state index contributed by atoms with van der Waals surface area (Å²) in [5, 5.41) is 0. The molecular formula is C29H18O. The summed E-state index contributed by atoms with van der Waals surface area (Å²) in [5.41, 5.74) is 11.0. The Morgan fingerprint density at radius 2 is 0.700 bits per heavy atom. The van der Waals surface area contributed by atoms with Gasteiger partial charge in [0.15, 0.2) is 5.78 Å². The largest absolute Gasteiger partial charge is 0.289 e. The molecule has 0 N–H and O–H groups in total. The highest BCUT2D eigenvalue weighted by molar-refractivity contribution is 6.33. The first kappa shape index (κ1) is 16.9. The molecule has 4 aromatic rings. The molecule has 0 saturated carbocycles. The molecule has 140 valence electrons. The second-order valence-corrected chi connectivity index (χ2v) is 7.65. The van der Waals surface area contributed by atoms with Gasteiger partial charge in [-0.3, -0.25) is 4.79 Å². The average molecular weight is 382 g/mol. The second kappa shape index (κ2) is 6.53. The molecule has 1 nitrogen and oxygen atoms in total. The predicted octanol–water partition coefficient (Wildman–Crippen LogP) is 6.66. The Kier molecular flexibility index (Phi) is 3.69. The molecule has 6 rings (SSSR count). The van der Waals surface area contributed by atoms with Crippen molar-refractivity contribution in [2.45, 2.75) is 0 Å². The minimum atomic E-state index is 0.105. The monoisotopic (exact) mass is 382 g/mol. The highest BCUT2D eigenvalue weighted by atomic mass is 16.1. The molecule has 0 heterocycles. The first-order valence-corrected chi connectivity index (χ1v) is 10.2. The third kappa shape index (κ3) is 2.46. The maximum Gasteiger partial charge on any atom is 0.194 e. The Hall–Kier alpha value is -3.97. The lowest BCUT2D eigenvalue weighted by Gasteiger charge is -2.22. The maximum absolute atomic E-state index is 13.2. The third-order valence-electron chi connectivity index (χ3n) is 5.94. The van der Waals surface area contributed by atoms with Gasteiger partial charge < -0.3 is 0 Å². The van der Waals surface area contributed by atoms with E-state index in [1.165, 1.54) is 33.4 Å². The highest BCUT2D eigenvalue weighted by Crippen LogP contribution is 2.58. The normalized spacial score (nSPS) is 14.5. The van der Waals surface area contributed by atoms with Gasteiger partial charge in [0.25, 0.3) is 0 Å². The van der Waals surface area contributed by atoms with Crippen LogP contribution in [-0.2, 0) is 0 Å². The smallest absolute Gasteiger partial charge is 0.194 e. The summed E-state index contributed by atoms with van der Waals surface area (Å²) in [6, 6.07) is 37.1. The van der Waals surface area contributed by atoms with Crippen molar-refractivity contribution in [3.8, 4) is 0 Å². The fraction of sp³-hybridized carbons (Fsp3) is 0. The average Bonchev–Trinajstić information content (AvgIpc) is 3.56. The first-order chi connectivity index (χ1) is 14.8. The van der Waals surface area contributed by atoms with Crippen molar-refractivity contribution in [1.82, 2.24) is 0 Å². The van der Waals surface area contributed by atoms with Crippen LogP contribution in [0.5, 0.6) is 0 Å². The van der Waals surface area contributed by atoms with E-state index in [4.69, 9.17) is 0 Å². The van der Waals surface area contributed by atoms with Gasteiger partial charge in [-0.05, 0) is 44.5 Å². The summed E-state index contributed by atoms with van der Waals surface area (Å²) in [4.78, 5) is 13.2. The van der Waals surface area contributed by atoms with E-state index in [2.05, 4.69) is 60.7 Å². The second-order valence-electron chi connectivity index (χ2n) is 7.65. The zero-order valence-corrected chi connectivity index (χ0v) is 16.3. The van der Waals surface area contributed by atoms with Crippen molar-refractivity contribution >= 4 is 22.5 Å². The number of hydrogen-bond donors (Lipinski definition) is 0. The summed E-state index contributed by atoms with van der Waals surface area (Å²) in [6.45, 7) is 0. The topological polar surface area (TPSA) is 17.1 Å². The van der Waals surface area contributed by atoms with E-state index in [-0.39, 0.29) is 5.78 Å². The van der Waals surface area contributed by atoms with Crippen LogP contribution in [0.25, 0.3) is 16.7 Å². The molecule has 2 aliphatic carbocycles. The van der Waals surface area contributed by atoms with Crippen molar-refractivity contribution in [3.05, 3.63) is 148 Å². The number of benzene rings is 4. The van der Waals surface area contributed by atoms with Crippen LogP contribution in [0.15, 0.2) is 115 Å². The van der Waals surface area contributed by atoms with Gasteiger partial charge in [-0.2, -0.15) is 0 Å². The third-order valence-corrected chi connectivity index (χ3v) is 5.94. The van der Waals surface area contributed by atoms with Crippen LogP contribution in [0.3, 0.4) is 0 Å². The van der Waals surface area contributed by atoms with Gasteiger partial charge in [-0.15, -0.1) is 0 Å². The Balaban J connectivity index is 1.68. The lowest BCUT2D eigenvalue weighted by Crippen LogP contribution is -2.14. The van der Waals surface area contributed by atoms with Crippen molar-refractivity contribution in [3.63, 3.8) is 0 Å². The molecule has 0 aromatic heterocycles. The lowest BCUT2D eigenvalue weighted by atomic mass is 9.80. The molecule has 2 aliphatic rings. The van der Waals surface area contributed by atoms with Gasteiger partial charge in [0.2, 0.25) is 0 Å². The molecule has 30 heavy (non-hydrogen) atoms. The summed E-state index contributed by atoms with van der Waals surface area (Å²) < 4.78 is 0. The zero-order valence-electron chi connectivity index (χ0n) is 16.3. The van der Waals surface area contributed by atoms with Gasteiger partial charge in [-0.1, -0.05) is 109 Å². The molecule has 0 spiro atoms. The highest BCUT2D eigenvalue weighted by Gasteiger charge is 2.39. The van der Waals surface area contributed by atoms with E-state index < -0.39 is 0 Å². The summed E-state index contributed by atoms with van der Waals surface area (Å²) in [7, 11) is 0. The Morgan fingerprint density at radius 1 is 0.333 bits per heavy atom. The summed E-state index contributed by atoms with van der Waals surface area (Å²) in [5.74, 6) is 0.105. The van der Waals surface area contributed by atoms with E-state index in [1.54, 1.807) is 0 Å². The molecule has 0 aliphatic heterocycles.